The van der Waals surface area contributed by atoms with Crippen LogP contribution in [0.3, 0.4) is 0 Å². The van der Waals surface area contributed by atoms with E-state index in [1.165, 1.54) is 23.2 Å². The SMILES string of the molecule is CN1CCCc2cc(CNc3cc(Cl)cc(Cl)c3)ccc21. The lowest BCUT2D eigenvalue weighted by Crippen LogP contribution is -2.24. The van der Waals surface area contributed by atoms with E-state index >= 15 is 0 Å². The number of benzene rings is 2. The molecule has 1 N–H and O–H groups in total. The molecular formula is C17H18Cl2N2. The van der Waals surface area contributed by atoms with Gasteiger partial charge in [-0.25, -0.2) is 0 Å². The third kappa shape index (κ3) is 3.45. The summed E-state index contributed by atoms with van der Waals surface area (Å²) < 4.78 is 0. The summed E-state index contributed by atoms with van der Waals surface area (Å²) >= 11 is 12.0. The molecule has 0 fully saturated rings. The highest BCUT2D eigenvalue weighted by Crippen LogP contribution is 2.27. The molecule has 0 radical (unpaired) electrons. The Hall–Kier alpha value is -1.38. The fourth-order valence-electron chi connectivity index (χ4n) is 2.81. The third-order valence-corrected chi connectivity index (χ3v) is 4.29. The van der Waals surface area contributed by atoms with Crippen molar-refractivity contribution in [1.29, 1.82) is 0 Å². The minimum Gasteiger partial charge on any atom is -0.381 e. The molecule has 110 valence electrons. The average Bonchev–Trinajstić information content (AvgIpc) is 2.44. The van der Waals surface area contributed by atoms with Crippen molar-refractivity contribution in [2.24, 2.45) is 0 Å². The first kappa shape index (κ1) is 14.6. The van der Waals surface area contributed by atoms with Crippen LogP contribution in [0.15, 0.2) is 36.4 Å². The van der Waals surface area contributed by atoms with Crippen molar-refractivity contribution in [3.05, 3.63) is 57.6 Å². The highest BCUT2D eigenvalue weighted by Gasteiger charge is 2.13. The molecule has 0 spiro atoms. The first-order chi connectivity index (χ1) is 10.1. The summed E-state index contributed by atoms with van der Waals surface area (Å²) in [5.41, 5.74) is 5.02. The van der Waals surface area contributed by atoms with Gasteiger partial charge in [0.2, 0.25) is 0 Å². The molecule has 21 heavy (non-hydrogen) atoms. The number of halogens is 2. The Morgan fingerprint density at radius 1 is 1.10 bits per heavy atom. The van der Waals surface area contributed by atoms with Gasteiger partial charge in [-0.15, -0.1) is 0 Å². The smallest absolute Gasteiger partial charge is 0.0441 e. The molecule has 2 aromatic carbocycles. The molecule has 0 atom stereocenters. The quantitative estimate of drug-likeness (QED) is 0.857. The van der Waals surface area contributed by atoms with Gasteiger partial charge >= 0.3 is 0 Å². The number of fused-ring (bicyclic) bond motifs is 1. The van der Waals surface area contributed by atoms with Gasteiger partial charge in [0.25, 0.3) is 0 Å². The predicted molar refractivity (Wildman–Crippen MR) is 91.8 cm³/mol. The molecule has 3 rings (SSSR count). The van der Waals surface area contributed by atoms with Gasteiger partial charge in [0.15, 0.2) is 0 Å². The number of anilines is 2. The van der Waals surface area contributed by atoms with E-state index in [0.29, 0.717) is 10.0 Å². The molecule has 0 bridgehead atoms. The number of hydrogen-bond acceptors (Lipinski definition) is 2. The summed E-state index contributed by atoms with van der Waals surface area (Å²) in [5.74, 6) is 0. The second kappa shape index (κ2) is 6.17. The van der Waals surface area contributed by atoms with Crippen LogP contribution in [0.5, 0.6) is 0 Å². The minimum atomic E-state index is 0.650. The van der Waals surface area contributed by atoms with Crippen LogP contribution < -0.4 is 10.2 Å². The largest absolute Gasteiger partial charge is 0.381 e. The van der Waals surface area contributed by atoms with Gasteiger partial charge in [-0.2, -0.15) is 0 Å². The molecule has 0 unspecified atom stereocenters. The number of nitrogens with zero attached hydrogens (tertiary/aromatic N) is 1. The topological polar surface area (TPSA) is 15.3 Å². The fourth-order valence-corrected chi connectivity index (χ4v) is 3.33. The van der Waals surface area contributed by atoms with Crippen LogP contribution in [0.4, 0.5) is 11.4 Å². The zero-order valence-corrected chi connectivity index (χ0v) is 13.5. The molecule has 2 nitrogen and oxygen atoms in total. The fraction of sp³-hybridized carbons (Fsp3) is 0.294. The van der Waals surface area contributed by atoms with E-state index in [1.54, 1.807) is 6.07 Å². The Kier molecular flexibility index (Phi) is 4.27. The second-order valence-electron chi connectivity index (χ2n) is 5.50. The molecule has 0 aliphatic carbocycles. The van der Waals surface area contributed by atoms with Gasteiger partial charge in [-0.3, -0.25) is 0 Å². The normalized spacial score (nSPS) is 14.0. The van der Waals surface area contributed by atoms with E-state index in [0.717, 1.165) is 25.2 Å². The molecule has 2 aromatic rings. The van der Waals surface area contributed by atoms with Crippen LogP contribution in [0, 0.1) is 0 Å². The van der Waals surface area contributed by atoms with Gasteiger partial charge in [0.1, 0.15) is 0 Å². The van der Waals surface area contributed by atoms with Crippen molar-refractivity contribution in [1.82, 2.24) is 0 Å². The van der Waals surface area contributed by atoms with Crippen LogP contribution in [0.1, 0.15) is 17.5 Å². The van der Waals surface area contributed by atoms with E-state index < -0.39 is 0 Å². The molecule has 0 amide bonds. The van der Waals surface area contributed by atoms with E-state index in [-0.39, 0.29) is 0 Å². The molecule has 1 heterocycles. The van der Waals surface area contributed by atoms with E-state index in [4.69, 9.17) is 23.2 Å². The van der Waals surface area contributed by atoms with Crippen molar-refractivity contribution in [2.75, 3.05) is 23.8 Å². The maximum atomic E-state index is 6.01. The maximum absolute atomic E-state index is 6.01. The molecule has 0 saturated carbocycles. The Morgan fingerprint density at radius 3 is 2.62 bits per heavy atom. The number of aryl methyl sites for hydroxylation is 1. The second-order valence-corrected chi connectivity index (χ2v) is 6.37. The van der Waals surface area contributed by atoms with Crippen molar-refractivity contribution < 1.29 is 0 Å². The molecule has 4 heteroatoms. The van der Waals surface area contributed by atoms with Crippen LogP contribution in [0.2, 0.25) is 10.0 Å². The third-order valence-electron chi connectivity index (χ3n) is 3.85. The lowest BCUT2D eigenvalue weighted by atomic mass is 9.99. The van der Waals surface area contributed by atoms with Crippen LogP contribution >= 0.6 is 23.2 Å². The van der Waals surface area contributed by atoms with E-state index in [1.807, 2.05) is 12.1 Å². The first-order valence-electron chi connectivity index (χ1n) is 7.15. The minimum absolute atomic E-state index is 0.650. The highest BCUT2D eigenvalue weighted by molar-refractivity contribution is 6.35. The Bertz CT molecular complexity index is 635. The van der Waals surface area contributed by atoms with E-state index in [2.05, 4.69) is 35.5 Å². The van der Waals surface area contributed by atoms with Crippen LogP contribution in [-0.4, -0.2) is 13.6 Å². The van der Waals surface area contributed by atoms with Crippen LogP contribution in [-0.2, 0) is 13.0 Å². The maximum Gasteiger partial charge on any atom is 0.0441 e. The summed E-state index contributed by atoms with van der Waals surface area (Å²) in [4.78, 5) is 2.33. The number of rotatable bonds is 3. The predicted octanol–water partition coefficient (Wildman–Crippen LogP) is 4.99. The van der Waals surface area contributed by atoms with Crippen molar-refractivity contribution in [3.8, 4) is 0 Å². The van der Waals surface area contributed by atoms with Crippen molar-refractivity contribution in [3.63, 3.8) is 0 Å². The van der Waals surface area contributed by atoms with Crippen LogP contribution in [0.25, 0.3) is 0 Å². The lowest BCUT2D eigenvalue weighted by molar-refractivity contribution is 0.743. The first-order valence-corrected chi connectivity index (χ1v) is 7.90. The summed E-state index contributed by atoms with van der Waals surface area (Å²) in [7, 11) is 2.16. The van der Waals surface area contributed by atoms with Gasteiger partial charge in [-0.05, 0) is 48.2 Å². The monoisotopic (exact) mass is 320 g/mol. The van der Waals surface area contributed by atoms with Gasteiger partial charge < -0.3 is 10.2 Å². The standard InChI is InChI=1S/C17H18Cl2N2/c1-21-6-2-3-13-7-12(4-5-17(13)21)11-20-16-9-14(18)8-15(19)10-16/h4-5,7-10,20H,2-3,6,11H2,1H3. The summed E-state index contributed by atoms with van der Waals surface area (Å²) in [6, 6.07) is 12.2. The summed E-state index contributed by atoms with van der Waals surface area (Å²) in [6.07, 6.45) is 2.39. The molecule has 1 aliphatic heterocycles. The zero-order valence-electron chi connectivity index (χ0n) is 12.0. The number of nitrogens with one attached hydrogen (secondary N) is 1. The molecule has 0 saturated heterocycles. The highest BCUT2D eigenvalue weighted by atomic mass is 35.5. The molecule has 1 aliphatic rings. The average molecular weight is 321 g/mol. The van der Waals surface area contributed by atoms with E-state index in [9.17, 15) is 0 Å². The summed E-state index contributed by atoms with van der Waals surface area (Å²) in [5, 5.41) is 4.68. The Morgan fingerprint density at radius 2 is 1.86 bits per heavy atom. The number of hydrogen-bond donors (Lipinski definition) is 1. The Balaban J connectivity index is 1.73. The van der Waals surface area contributed by atoms with Gasteiger partial charge in [-0.1, -0.05) is 35.3 Å². The summed E-state index contributed by atoms with van der Waals surface area (Å²) in [6.45, 7) is 1.92. The zero-order chi connectivity index (χ0) is 14.8. The van der Waals surface area contributed by atoms with Crippen molar-refractivity contribution in [2.45, 2.75) is 19.4 Å². The lowest BCUT2D eigenvalue weighted by Gasteiger charge is -2.27. The van der Waals surface area contributed by atoms with Gasteiger partial charge in [0.05, 0.1) is 0 Å². The van der Waals surface area contributed by atoms with Crippen molar-refractivity contribution >= 4 is 34.6 Å². The molecular weight excluding hydrogens is 303 g/mol. The molecule has 0 aromatic heterocycles. The Labute approximate surface area is 135 Å². The van der Waals surface area contributed by atoms with Gasteiger partial charge in [0, 0.05) is 41.6 Å².